The Labute approximate surface area is 164 Å². The zero-order chi connectivity index (χ0) is 19.9. The Morgan fingerprint density at radius 2 is 1.82 bits per heavy atom. The predicted molar refractivity (Wildman–Crippen MR) is 106 cm³/mol. The van der Waals surface area contributed by atoms with E-state index >= 15 is 0 Å². The van der Waals surface area contributed by atoms with Crippen LogP contribution < -0.4 is 10.2 Å². The average molecular weight is 377 g/mol. The second-order valence-corrected chi connectivity index (χ2v) is 7.59. The summed E-state index contributed by atoms with van der Waals surface area (Å²) in [4.78, 5) is 41.2. The number of urea groups is 1. The van der Waals surface area contributed by atoms with Crippen LogP contribution in [0.2, 0.25) is 0 Å². The highest BCUT2D eigenvalue weighted by Crippen LogP contribution is 2.30. The number of aryl methyl sites for hydroxylation is 2. The SMILES string of the molecule is Cc1ccc([C@@]2(C)NC(=O)N(CC(=O)N3CCCc4ccccc43)C2=O)cc1. The number of nitrogens with zero attached hydrogens (tertiary/aromatic N) is 2. The Kier molecular flexibility index (Phi) is 4.41. The monoisotopic (exact) mass is 377 g/mol. The van der Waals surface area contributed by atoms with Gasteiger partial charge in [-0.2, -0.15) is 0 Å². The van der Waals surface area contributed by atoms with Crippen molar-refractivity contribution in [1.29, 1.82) is 0 Å². The van der Waals surface area contributed by atoms with E-state index in [0.717, 1.165) is 34.6 Å². The van der Waals surface area contributed by atoms with Gasteiger partial charge in [-0.15, -0.1) is 0 Å². The largest absolute Gasteiger partial charge is 0.325 e. The van der Waals surface area contributed by atoms with Gasteiger partial charge in [0.2, 0.25) is 5.91 Å². The lowest BCUT2D eigenvalue weighted by atomic mass is 9.91. The van der Waals surface area contributed by atoms with Gasteiger partial charge >= 0.3 is 6.03 Å². The molecule has 0 aliphatic carbocycles. The fourth-order valence-corrected chi connectivity index (χ4v) is 3.94. The number of fused-ring (bicyclic) bond motifs is 1. The summed E-state index contributed by atoms with van der Waals surface area (Å²) in [6.45, 7) is 3.97. The average Bonchev–Trinajstić information content (AvgIpc) is 2.92. The van der Waals surface area contributed by atoms with Gasteiger partial charge in [0.15, 0.2) is 0 Å². The molecule has 0 aromatic heterocycles. The molecular formula is C22H23N3O3. The molecule has 2 heterocycles. The molecule has 0 unspecified atom stereocenters. The Morgan fingerprint density at radius 1 is 1.11 bits per heavy atom. The quantitative estimate of drug-likeness (QED) is 0.836. The van der Waals surface area contributed by atoms with Crippen molar-refractivity contribution in [2.24, 2.45) is 0 Å². The van der Waals surface area contributed by atoms with Crippen molar-refractivity contribution in [1.82, 2.24) is 10.2 Å². The molecule has 1 saturated heterocycles. The minimum atomic E-state index is -1.16. The van der Waals surface area contributed by atoms with E-state index in [-0.39, 0.29) is 12.5 Å². The van der Waals surface area contributed by atoms with E-state index in [1.165, 1.54) is 0 Å². The number of hydrogen-bond donors (Lipinski definition) is 1. The number of carbonyl (C=O) groups is 3. The summed E-state index contributed by atoms with van der Waals surface area (Å²) >= 11 is 0. The molecule has 0 saturated carbocycles. The molecule has 4 rings (SSSR count). The van der Waals surface area contributed by atoms with Crippen LogP contribution in [-0.2, 0) is 21.5 Å². The first-order valence-corrected chi connectivity index (χ1v) is 9.50. The van der Waals surface area contributed by atoms with Crippen molar-refractivity contribution in [3.05, 3.63) is 65.2 Å². The second kappa shape index (κ2) is 6.78. The second-order valence-electron chi connectivity index (χ2n) is 7.59. The topological polar surface area (TPSA) is 69.7 Å². The highest BCUT2D eigenvalue weighted by atomic mass is 16.2. The van der Waals surface area contributed by atoms with Crippen LogP contribution in [0.3, 0.4) is 0 Å². The normalized spacial score (nSPS) is 21.5. The van der Waals surface area contributed by atoms with Gasteiger partial charge in [-0.05, 0) is 43.9 Å². The molecule has 2 aromatic carbocycles. The fourth-order valence-electron chi connectivity index (χ4n) is 3.94. The predicted octanol–water partition coefficient (Wildman–Crippen LogP) is 2.74. The van der Waals surface area contributed by atoms with E-state index in [1.807, 2.05) is 55.5 Å². The summed E-state index contributed by atoms with van der Waals surface area (Å²) in [5, 5.41) is 2.76. The number of anilines is 1. The molecule has 4 amide bonds. The minimum Gasteiger partial charge on any atom is -0.319 e. The molecule has 0 radical (unpaired) electrons. The van der Waals surface area contributed by atoms with E-state index in [2.05, 4.69) is 5.32 Å². The van der Waals surface area contributed by atoms with Gasteiger partial charge in [0, 0.05) is 12.2 Å². The van der Waals surface area contributed by atoms with Gasteiger partial charge in [0.25, 0.3) is 5.91 Å². The number of hydrogen-bond acceptors (Lipinski definition) is 3. The number of nitrogens with one attached hydrogen (secondary N) is 1. The third kappa shape index (κ3) is 2.95. The third-order valence-corrected chi connectivity index (χ3v) is 5.61. The summed E-state index contributed by atoms with van der Waals surface area (Å²) in [5.74, 6) is -0.649. The van der Waals surface area contributed by atoms with Crippen molar-refractivity contribution < 1.29 is 14.4 Å². The van der Waals surface area contributed by atoms with Gasteiger partial charge in [0.05, 0.1) is 0 Å². The Hall–Kier alpha value is -3.15. The number of para-hydroxylation sites is 1. The molecule has 1 N–H and O–H groups in total. The van der Waals surface area contributed by atoms with Gasteiger partial charge in [0.1, 0.15) is 12.1 Å². The first-order valence-electron chi connectivity index (χ1n) is 9.50. The van der Waals surface area contributed by atoms with Crippen molar-refractivity contribution in [2.45, 2.75) is 32.2 Å². The number of amides is 4. The Balaban J connectivity index is 1.56. The van der Waals surface area contributed by atoms with Crippen LogP contribution >= 0.6 is 0 Å². The van der Waals surface area contributed by atoms with Crippen molar-refractivity contribution in [3.8, 4) is 0 Å². The van der Waals surface area contributed by atoms with Crippen molar-refractivity contribution in [2.75, 3.05) is 18.0 Å². The van der Waals surface area contributed by atoms with E-state index < -0.39 is 17.5 Å². The molecule has 0 spiro atoms. The van der Waals surface area contributed by atoms with Crippen LogP contribution in [-0.4, -0.2) is 35.8 Å². The Bertz CT molecular complexity index is 954. The molecular weight excluding hydrogens is 354 g/mol. The van der Waals surface area contributed by atoms with Crippen LogP contribution in [0.4, 0.5) is 10.5 Å². The summed E-state index contributed by atoms with van der Waals surface area (Å²) in [5.41, 5.74) is 2.59. The molecule has 6 heteroatoms. The summed E-state index contributed by atoms with van der Waals surface area (Å²) in [6.07, 6.45) is 1.79. The number of rotatable bonds is 3. The summed E-state index contributed by atoms with van der Waals surface area (Å²) < 4.78 is 0. The summed E-state index contributed by atoms with van der Waals surface area (Å²) in [7, 11) is 0. The standard InChI is InChI=1S/C22H23N3O3/c1-15-9-11-17(12-10-15)22(2)20(27)25(21(28)23-22)14-19(26)24-13-5-7-16-6-3-4-8-18(16)24/h3-4,6,8-12H,5,7,13-14H2,1-2H3,(H,23,28)/t22-/m1/s1. The first-order chi connectivity index (χ1) is 13.4. The maximum Gasteiger partial charge on any atom is 0.325 e. The van der Waals surface area contributed by atoms with Crippen LogP contribution in [0.1, 0.15) is 30.0 Å². The van der Waals surface area contributed by atoms with Gasteiger partial charge in [-0.25, -0.2) is 4.79 Å². The maximum absolute atomic E-state index is 13.1. The third-order valence-electron chi connectivity index (χ3n) is 5.61. The van der Waals surface area contributed by atoms with Crippen LogP contribution in [0, 0.1) is 6.92 Å². The minimum absolute atomic E-state index is 0.246. The molecule has 2 aromatic rings. The van der Waals surface area contributed by atoms with Crippen LogP contribution in [0.25, 0.3) is 0 Å². The molecule has 0 bridgehead atoms. The van der Waals surface area contributed by atoms with Crippen molar-refractivity contribution in [3.63, 3.8) is 0 Å². The van der Waals surface area contributed by atoms with E-state index in [9.17, 15) is 14.4 Å². The first kappa shape index (κ1) is 18.2. The lowest BCUT2D eigenvalue weighted by Gasteiger charge is -2.30. The van der Waals surface area contributed by atoms with Crippen LogP contribution in [0.15, 0.2) is 48.5 Å². The van der Waals surface area contributed by atoms with Crippen LogP contribution in [0.5, 0.6) is 0 Å². The van der Waals surface area contributed by atoms with E-state index in [1.54, 1.807) is 11.8 Å². The zero-order valence-electron chi connectivity index (χ0n) is 16.1. The number of benzene rings is 2. The number of imide groups is 1. The number of carbonyl (C=O) groups excluding carboxylic acids is 3. The molecule has 6 nitrogen and oxygen atoms in total. The zero-order valence-corrected chi connectivity index (χ0v) is 16.1. The highest BCUT2D eigenvalue weighted by molar-refractivity contribution is 6.10. The van der Waals surface area contributed by atoms with Gasteiger partial charge < -0.3 is 10.2 Å². The fraction of sp³-hybridized carbons (Fsp3) is 0.318. The van der Waals surface area contributed by atoms with Gasteiger partial charge in [-0.3, -0.25) is 14.5 Å². The Morgan fingerprint density at radius 3 is 2.57 bits per heavy atom. The lowest BCUT2D eigenvalue weighted by molar-refractivity contribution is -0.134. The summed E-state index contributed by atoms with van der Waals surface area (Å²) in [6, 6.07) is 14.7. The van der Waals surface area contributed by atoms with E-state index in [4.69, 9.17) is 0 Å². The lowest BCUT2D eigenvalue weighted by Crippen LogP contribution is -2.46. The molecule has 2 aliphatic heterocycles. The molecule has 1 fully saturated rings. The molecule has 28 heavy (non-hydrogen) atoms. The molecule has 144 valence electrons. The van der Waals surface area contributed by atoms with E-state index in [0.29, 0.717) is 12.1 Å². The highest BCUT2D eigenvalue weighted by Gasteiger charge is 2.49. The molecule has 1 atom stereocenters. The van der Waals surface area contributed by atoms with Crippen molar-refractivity contribution >= 4 is 23.5 Å². The maximum atomic E-state index is 13.1. The van der Waals surface area contributed by atoms with Gasteiger partial charge in [-0.1, -0.05) is 48.0 Å². The smallest absolute Gasteiger partial charge is 0.319 e. The molecule has 2 aliphatic rings.